The van der Waals surface area contributed by atoms with Gasteiger partial charge in [0.15, 0.2) is 0 Å². The normalized spacial score (nSPS) is 10.6. The predicted octanol–water partition coefficient (Wildman–Crippen LogP) is 6.00. The molecular formula is C19H12N4. The van der Waals surface area contributed by atoms with E-state index in [-0.39, 0.29) is 0 Å². The van der Waals surface area contributed by atoms with Crippen molar-refractivity contribution in [3.05, 3.63) is 83.2 Å². The Morgan fingerprint density at radius 3 is 2.22 bits per heavy atom. The molecule has 0 amide bonds. The van der Waals surface area contributed by atoms with Gasteiger partial charge in [-0.15, -0.1) is 0 Å². The van der Waals surface area contributed by atoms with Crippen molar-refractivity contribution in [1.29, 1.82) is 0 Å². The zero-order valence-corrected chi connectivity index (χ0v) is 12.2. The molecule has 0 saturated carbocycles. The van der Waals surface area contributed by atoms with Crippen molar-refractivity contribution in [3.63, 3.8) is 0 Å². The minimum atomic E-state index is 0.586. The van der Waals surface area contributed by atoms with Gasteiger partial charge in [-0.05, 0) is 17.0 Å². The first-order valence-electron chi connectivity index (χ1n) is 7.30. The summed E-state index contributed by atoms with van der Waals surface area (Å²) in [5.74, 6) is 0. The van der Waals surface area contributed by atoms with Crippen molar-refractivity contribution < 1.29 is 0 Å². The Morgan fingerprint density at radius 1 is 0.739 bits per heavy atom. The molecule has 0 bridgehead atoms. The summed E-state index contributed by atoms with van der Waals surface area (Å²) in [5, 5.41) is 7.12. The molecule has 3 aromatic carbocycles. The number of benzene rings is 3. The van der Waals surface area contributed by atoms with Gasteiger partial charge >= 0.3 is 0 Å². The lowest BCUT2D eigenvalue weighted by molar-refractivity contribution is 1.40. The van der Waals surface area contributed by atoms with Gasteiger partial charge in [0.05, 0.1) is 11.2 Å². The monoisotopic (exact) mass is 296 g/mol. The molecule has 4 nitrogen and oxygen atoms in total. The van der Waals surface area contributed by atoms with Crippen LogP contribution in [0.2, 0.25) is 0 Å². The van der Waals surface area contributed by atoms with Crippen LogP contribution in [0.5, 0.6) is 0 Å². The number of nitrogens with zero attached hydrogens (tertiary/aromatic N) is 4. The highest BCUT2D eigenvalue weighted by Gasteiger charge is 2.11. The zero-order chi connectivity index (χ0) is 15.6. The van der Waals surface area contributed by atoms with E-state index in [0.29, 0.717) is 5.69 Å². The summed E-state index contributed by atoms with van der Waals surface area (Å²) >= 11 is 0. The Kier molecular flexibility index (Phi) is 3.15. The van der Waals surface area contributed by atoms with Gasteiger partial charge in [0, 0.05) is 26.9 Å². The molecule has 0 aliphatic rings. The Morgan fingerprint density at radius 2 is 1.39 bits per heavy atom. The molecule has 0 saturated heterocycles. The highest BCUT2D eigenvalue weighted by molar-refractivity contribution is 6.11. The average molecular weight is 296 g/mol. The number of rotatable bonds is 2. The Balaban J connectivity index is 2.17. The van der Waals surface area contributed by atoms with Crippen LogP contribution in [0.1, 0.15) is 0 Å². The summed E-state index contributed by atoms with van der Waals surface area (Å²) in [5.41, 5.74) is 12.0. The molecule has 1 aromatic heterocycles. The van der Waals surface area contributed by atoms with Crippen molar-refractivity contribution in [2.75, 3.05) is 0 Å². The minimum absolute atomic E-state index is 0.586. The molecule has 4 aromatic rings. The molecule has 1 heterocycles. The van der Waals surface area contributed by atoms with Crippen LogP contribution in [0.3, 0.4) is 0 Å². The van der Waals surface area contributed by atoms with E-state index in [1.807, 2.05) is 48.5 Å². The number of hydrogen-bond acceptors (Lipinski definition) is 2. The molecule has 23 heavy (non-hydrogen) atoms. The lowest BCUT2D eigenvalue weighted by atomic mass is 9.99. The van der Waals surface area contributed by atoms with Crippen LogP contribution >= 0.6 is 0 Å². The third kappa shape index (κ3) is 2.18. The maximum Gasteiger partial charge on any atom is 0.0792 e. The summed E-state index contributed by atoms with van der Waals surface area (Å²) in [7, 11) is 0. The first-order chi connectivity index (χ1) is 11.4. The molecule has 4 heteroatoms. The fourth-order valence-electron chi connectivity index (χ4n) is 2.92. The van der Waals surface area contributed by atoms with Crippen LogP contribution in [-0.2, 0) is 0 Å². The van der Waals surface area contributed by atoms with Crippen LogP contribution in [0, 0.1) is 0 Å². The van der Waals surface area contributed by atoms with Crippen LogP contribution in [0.25, 0.3) is 43.4 Å². The largest absolute Gasteiger partial charge is 0.247 e. The second-order valence-electron chi connectivity index (χ2n) is 5.23. The average Bonchev–Trinajstić information content (AvgIpc) is 2.62. The third-order valence-corrected chi connectivity index (χ3v) is 3.92. The molecule has 0 aliphatic heterocycles. The van der Waals surface area contributed by atoms with Gasteiger partial charge in [0.1, 0.15) is 0 Å². The summed E-state index contributed by atoms with van der Waals surface area (Å²) in [4.78, 5) is 7.76. The van der Waals surface area contributed by atoms with Gasteiger partial charge in [-0.1, -0.05) is 71.8 Å². The fraction of sp³-hybridized carbons (Fsp3) is 0. The van der Waals surface area contributed by atoms with Gasteiger partial charge in [-0.25, -0.2) is 4.98 Å². The molecule has 0 aliphatic carbocycles. The van der Waals surface area contributed by atoms with Crippen LogP contribution < -0.4 is 0 Å². The van der Waals surface area contributed by atoms with Crippen molar-refractivity contribution in [3.8, 4) is 11.3 Å². The number of fused-ring (bicyclic) bond motifs is 3. The van der Waals surface area contributed by atoms with Gasteiger partial charge in [-0.2, -0.15) is 0 Å². The highest BCUT2D eigenvalue weighted by atomic mass is 15.1. The second kappa shape index (κ2) is 5.44. The van der Waals surface area contributed by atoms with Gasteiger partial charge in [0.25, 0.3) is 0 Å². The summed E-state index contributed by atoms with van der Waals surface area (Å²) in [6.45, 7) is 0. The van der Waals surface area contributed by atoms with E-state index in [4.69, 9.17) is 10.5 Å². The molecule has 0 radical (unpaired) electrons. The number of para-hydroxylation sites is 1. The molecule has 4 rings (SSSR count). The fourth-order valence-corrected chi connectivity index (χ4v) is 2.92. The first-order valence-corrected chi connectivity index (χ1v) is 7.30. The SMILES string of the molecule is [N-]=[N+]=Nc1ccccc1-c1nc2ccccc2c2ccccc12. The predicted molar refractivity (Wildman–Crippen MR) is 93.5 cm³/mol. The van der Waals surface area contributed by atoms with E-state index in [9.17, 15) is 0 Å². The number of aromatic nitrogens is 1. The van der Waals surface area contributed by atoms with E-state index in [1.165, 1.54) is 0 Å². The summed E-state index contributed by atoms with van der Waals surface area (Å²) < 4.78 is 0. The zero-order valence-electron chi connectivity index (χ0n) is 12.2. The molecule has 0 atom stereocenters. The molecule has 0 fully saturated rings. The molecule has 108 valence electrons. The van der Waals surface area contributed by atoms with Crippen molar-refractivity contribution in [2.24, 2.45) is 5.11 Å². The minimum Gasteiger partial charge on any atom is -0.247 e. The molecule has 0 N–H and O–H groups in total. The summed E-state index contributed by atoms with van der Waals surface area (Å²) in [6, 6.07) is 23.8. The van der Waals surface area contributed by atoms with E-state index in [2.05, 4.69) is 28.2 Å². The lowest BCUT2D eigenvalue weighted by Crippen LogP contribution is -1.89. The van der Waals surface area contributed by atoms with Gasteiger partial charge in [-0.3, -0.25) is 0 Å². The van der Waals surface area contributed by atoms with Crippen LogP contribution in [0.15, 0.2) is 77.9 Å². The number of hydrogen-bond donors (Lipinski definition) is 0. The van der Waals surface area contributed by atoms with E-state index >= 15 is 0 Å². The van der Waals surface area contributed by atoms with Crippen molar-refractivity contribution in [2.45, 2.75) is 0 Å². The summed E-state index contributed by atoms with van der Waals surface area (Å²) in [6.07, 6.45) is 0. The Bertz CT molecular complexity index is 1080. The van der Waals surface area contributed by atoms with E-state index in [1.54, 1.807) is 6.07 Å². The topological polar surface area (TPSA) is 61.7 Å². The maximum absolute atomic E-state index is 8.81. The Labute approximate surface area is 132 Å². The highest BCUT2D eigenvalue weighted by Crippen LogP contribution is 2.36. The third-order valence-electron chi connectivity index (χ3n) is 3.92. The smallest absolute Gasteiger partial charge is 0.0792 e. The first kappa shape index (κ1) is 13.3. The lowest BCUT2D eigenvalue weighted by Gasteiger charge is -2.11. The van der Waals surface area contributed by atoms with Crippen LogP contribution in [0.4, 0.5) is 5.69 Å². The van der Waals surface area contributed by atoms with Crippen molar-refractivity contribution >= 4 is 27.4 Å². The quantitative estimate of drug-likeness (QED) is 0.194. The number of pyridine rings is 1. The van der Waals surface area contributed by atoms with Crippen molar-refractivity contribution in [1.82, 2.24) is 4.98 Å². The molecule has 0 spiro atoms. The van der Waals surface area contributed by atoms with E-state index in [0.717, 1.165) is 32.9 Å². The Hall–Kier alpha value is -3.36. The maximum atomic E-state index is 8.81. The van der Waals surface area contributed by atoms with Gasteiger partial charge < -0.3 is 0 Å². The molecule has 0 unspecified atom stereocenters. The second-order valence-corrected chi connectivity index (χ2v) is 5.23. The standard InChI is InChI=1S/C19H12N4/c20-23-22-18-12-6-4-10-16(18)19-15-9-2-1-7-13(15)14-8-3-5-11-17(14)21-19/h1-12H. The number of azide groups is 1. The van der Waals surface area contributed by atoms with Crippen LogP contribution in [-0.4, -0.2) is 4.98 Å². The molecular weight excluding hydrogens is 284 g/mol. The van der Waals surface area contributed by atoms with E-state index < -0.39 is 0 Å². The van der Waals surface area contributed by atoms with Gasteiger partial charge in [0.2, 0.25) is 0 Å².